The van der Waals surface area contributed by atoms with Crippen molar-refractivity contribution >= 4 is 63.3 Å². The average molecular weight is 443 g/mol. The van der Waals surface area contributed by atoms with Crippen LogP contribution in [0.15, 0.2) is 59.6 Å². The lowest BCUT2D eigenvalue weighted by molar-refractivity contribution is -0.120. The number of aryl methyl sites for hydroxylation is 1. The maximum Gasteiger partial charge on any atom is 0.282 e. The molecule has 0 saturated carbocycles. The standard InChI is InChI=1S/C22H16Cl2N2O2S/c1-12-5-3-6-16(13(12)2)25-20-19(18-7-4-10-29-18)21(27)26(22(20)28)17-11-14(23)8-9-15(17)24/h3-11,25H,1-2H3. The number of benzene rings is 2. The van der Waals surface area contributed by atoms with Crippen molar-refractivity contribution in [3.8, 4) is 0 Å². The van der Waals surface area contributed by atoms with Gasteiger partial charge in [-0.25, -0.2) is 4.90 Å². The highest BCUT2D eigenvalue weighted by atomic mass is 35.5. The predicted molar refractivity (Wildman–Crippen MR) is 120 cm³/mol. The number of hydrogen-bond donors (Lipinski definition) is 1. The summed E-state index contributed by atoms with van der Waals surface area (Å²) in [6.07, 6.45) is 0. The Morgan fingerprint density at radius 3 is 2.48 bits per heavy atom. The smallest absolute Gasteiger partial charge is 0.282 e. The minimum absolute atomic E-state index is 0.224. The molecular formula is C22H16Cl2N2O2S. The number of thiophene rings is 1. The topological polar surface area (TPSA) is 49.4 Å². The third-order valence-corrected chi connectivity index (χ3v) is 6.31. The first-order valence-electron chi connectivity index (χ1n) is 8.83. The third-order valence-electron chi connectivity index (χ3n) is 4.86. The Kier molecular flexibility index (Phi) is 5.21. The molecule has 0 bridgehead atoms. The summed E-state index contributed by atoms with van der Waals surface area (Å²) in [4.78, 5) is 28.5. The van der Waals surface area contributed by atoms with Crippen LogP contribution in [0.2, 0.25) is 10.0 Å². The molecule has 2 amide bonds. The van der Waals surface area contributed by atoms with Crippen molar-refractivity contribution in [2.24, 2.45) is 0 Å². The monoisotopic (exact) mass is 442 g/mol. The van der Waals surface area contributed by atoms with Crippen molar-refractivity contribution in [1.82, 2.24) is 0 Å². The molecule has 0 spiro atoms. The predicted octanol–water partition coefficient (Wildman–Crippen LogP) is 6.07. The van der Waals surface area contributed by atoms with Gasteiger partial charge in [-0.1, -0.05) is 41.4 Å². The molecule has 2 aromatic carbocycles. The van der Waals surface area contributed by atoms with Crippen molar-refractivity contribution in [3.63, 3.8) is 0 Å². The molecule has 4 rings (SSSR count). The molecule has 1 N–H and O–H groups in total. The van der Waals surface area contributed by atoms with Crippen LogP contribution in [0.4, 0.5) is 11.4 Å². The molecule has 7 heteroatoms. The van der Waals surface area contributed by atoms with Crippen LogP contribution in [0, 0.1) is 13.8 Å². The molecule has 0 atom stereocenters. The van der Waals surface area contributed by atoms with Gasteiger partial charge in [-0.15, -0.1) is 11.3 Å². The number of halogens is 2. The highest BCUT2D eigenvalue weighted by Crippen LogP contribution is 2.39. The summed E-state index contributed by atoms with van der Waals surface area (Å²) >= 11 is 13.8. The molecule has 4 nitrogen and oxygen atoms in total. The van der Waals surface area contributed by atoms with Gasteiger partial charge >= 0.3 is 0 Å². The summed E-state index contributed by atoms with van der Waals surface area (Å²) in [6.45, 7) is 3.96. The number of imide groups is 1. The molecular weight excluding hydrogens is 427 g/mol. The summed E-state index contributed by atoms with van der Waals surface area (Å²) in [5, 5.41) is 5.73. The first-order chi connectivity index (χ1) is 13.9. The Labute approximate surface area is 182 Å². The van der Waals surface area contributed by atoms with Gasteiger partial charge in [0, 0.05) is 15.6 Å². The molecule has 29 heavy (non-hydrogen) atoms. The van der Waals surface area contributed by atoms with E-state index in [1.54, 1.807) is 12.1 Å². The summed E-state index contributed by atoms with van der Waals surface area (Å²) in [5.41, 5.74) is 3.67. The Bertz CT molecular complexity index is 1170. The van der Waals surface area contributed by atoms with E-state index in [0.717, 1.165) is 21.7 Å². The van der Waals surface area contributed by atoms with E-state index in [4.69, 9.17) is 23.2 Å². The Morgan fingerprint density at radius 1 is 0.966 bits per heavy atom. The molecule has 1 aromatic heterocycles. The van der Waals surface area contributed by atoms with Crippen LogP contribution in [0.1, 0.15) is 16.0 Å². The quantitative estimate of drug-likeness (QED) is 0.498. The van der Waals surface area contributed by atoms with E-state index in [-0.39, 0.29) is 16.4 Å². The number of carbonyl (C=O) groups is 2. The van der Waals surface area contributed by atoms with Gasteiger partial charge in [0.1, 0.15) is 5.70 Å². The van der Waals surface area contributed by atoms with Crippen molar-refractivity contribution in [3.05, 3.63) is 85.7 Å². The number of rotatable bonds is 4. The highest BCUT2D eigenvalue weighted by molar-refractivity contribution is 7.11. The first kappa shape index (κ1) is 19.7. The second kappa shape index (κ2) is 7.67. The van der Waals surface area contributed by atoms with E-state index in [1.807, 2.05) is 49.6 Å². The second-order valence-corrected chi connectivity index (χ2v) is 8.43. The lowest BCUT2D eigenvalue weighted by Crippen LogP contribution is -2.32. The SMILES string of the molecule is Cc1cccc(NC2=C(c3cccs3)C(=O)N(c3cc(Cl)ccc3Cl)C2=O)c1C. The van der Waals surface area contributed by atoms with Gasteiger partial charge in [-0.05, 0) is 60.7 Å². The fourth-order valence-electron chi connectivity index (χ4n) is 3.19. The van der Waals surface area contributed by atoms with Crippen molar-refractivity contribution in [2.45, 2.75) is 13.8 Å². The van der Waals surface area contributed by atoms with Crippen LogP contribution in [0.25, 0.3) is 5.57 Å². The minimum atomic E-state index is -0.469. The lowest BCUT2D eigenvalue weighted by Gasteiger charge is -2.17. The summed E-state index contributed by atoms with van der Waals surface area (Å²) in [6, 6.07) is 14.1. The molecule has 0 aliphatic carbocycles. The van der Waals surface area contributed by atoms with E-state index >= 15 is 0 Å². The van der Waals surface area contributed by atoms with E-state index in [1.165, 1.54) is 17.4 Å². The summed E-state index contributed by atoms with van der Waals surface area (Å²) in [5.74, 6) is -0.905. The molecule has 1 aliphatic heterocycles. The average Bonchev–Trinajstić information content (AvgIpc) is 3.28. The fraction of sp³-hybridized carbons (Fsp3) is 0.0909. The molecule has 0 unspecified atom stereocenters. The van der Waals surface area contributed by atoms with Crippen molar-refractivity contribution in [1.29, 1.82) is 0 Å². The van der Waals surface area contributed by atoms with E-state index < -0.39 is 11.8 Å². The number of nitrogens with one attached hydrogen (secondary N) is 1. The second-order valence-electron chi connectivity index (χ2n) is 6.64. The molecule has 0 fully saturated rings. The van der Waals surface area contributed by atoms with Crippen molar-refractivity contribution < 1.29 is 9.59 Å². The maximum absolute atomic E-state index is 13.4. The highest BCUT2D eigenvalue weighted by Gasteiger charge is 2.41. The number of carbonyl (C=O) groups excluding carboxylic acids is 2. The normalized spacial score (nSPS) is 14.1. The summed E-state index contributed by atoms with van der Waals surface area (Å²) in [7, 11) is 0. The molecule has 0 saturated heterocycles. The Balaban J connectivity index is 1.85. The van der Waals surface area contributed by atoms with E-state index in [2.05, 4.69) is 5.32 Å². The number of amides is 2. The Morgan fingerprint density at radius 2 is 1.76 bits per heavy atom. The molecule has 0 radical (unpaired) electrons. The molecule has 1 aliphatic rings. The van der Waals surface area contributed by atoms with Gasteiger partial charge in [0.2, 0.25) is 0 Å². The third kappa shape index (κ3) is 3.46. The minimum Gasteiger partial charge on any atom is -0.350 e. The zero-order valence-electron chi connectivity index (χ0n) is 15.6. The van der Waals surface area contributed by atoms with Crippen molar-refractivity contribution in [2.75, 3.05) is 10.2 Å². The van der Waals surface area contributed by atoms with Gasteiger partial charge in [0.15, 0.2) is 0 Å². The van der Waals surface area contributed by atoms with Gasteiger partial charge in [-0.2, -0.15) is 0 Å². The Hall–Kier alpha value is -2.60. The fourth-order valence-corrected chi connectivity index (χ4v) is 4.33. The lowest BCUT2D eigenvalue weighted by atomic mass is 10.1. The van der Waals surface area contributed by atoms with E-state index in [0.29, 0.717) is 15.5 Å². The number of nitrogens with zero attached hydrogens (tertiary/aromatic N) is 1. The largest absolute Gasteiger partial charge is 0.350 e. The van der Waals surface area contributed by atoms with Crippen LogP contribution in [-0.2, 0) is 9.59 Å². The summed E-state index contributed by atoms with van der Waals surface area (Å²) < 4.78 is 0. The van der Waals surface area contributed by atoms with Gasteiger partial charge in [0.05, 0.1) is 16.3 Å². The van der Waals surface area contributed by atoms with E-state index in [9.17, 15) is 9.59 Å². The zero-order chi connectivity index (χ0) is 20.7. The van der Waals surface area contributed by atoms with Gasteiger partial charge in [0.25, 0.3) is 11.8 Å². The first-order valence-corrected chi connectivity index (χ1v) is 10.5. The van der Waals surface area contributed by atoms with Gasteiger partial charge in [-0.3, -0.25) is 9.59 Å². The molecule has 2 heterocycles. The number of anilines is 2. The van der Waals surface area contributed by atoms with Crippen LogP contribution in [-0.4, -0.2) is 11.8 Å². The van der Waals surface area contributed by atoms with Crippen LogP contribution in [0.3, 0.4) is 0 Å². The van der Waals surface area contributed by atoms with Crippen LogP contribution >= 0.6 is 34.5 Å². The molecule has 3 aromatic rings. The number of hydrogen-bond acceptors (Lipinski definition) is 4. The zero-order valence-corrected chi connectivity index (χ0v) is 18.0. The molecule has 146 valence electrons. The van der Waals surface area contributed by atoms with Crippen LogP contribution < -0.4 is 10.2 Å². The maximum atomic E-state index is 13.4. The van der Waals surface area contributed by atoms with Gasteiger partial charge < -0.3 is 5.32 Å². The van der Waals surface area contributed by atoms with Crippen LogP contribution in [0.5, 0.6) is 0 Å².